The Hall–Kier alpha value is -2.10. The minimum atomic E-state index is 0.118. The molecule has 0 rings (SSSR count). The normalized spacial score (nSPS) is 11.8. The van der Waals surface area contributed by atoms with E-state index < -0.39 is 0 Å². The summed E-state index contributed by atoms with van der Waals surface area (Å²) in [4.78, 5) is 23.0. The van der Waals surface area contributed by atoms with Crippen molar-refractivity contribution in [2.24, 2.45) is 0 Å². The molecule has 0 aliphatic heterocycles. The molecule has 131 heavy (non-hydrogen) atoms. The summed E-state index contributed by atoms with van der Waals surface area (Å²) in [5.74, 6) is 0.478. The quantitative estimate of drug-likeness (QED) is 0.0535. The van der Waals surface area contributed by atoms with Gasteiger partial charge in [-0.3, -0.25) is 9.59 Å². The topological polar surface area (TPSA) is 366 Å². The van der Waals surface area contributed by atoms with Gasteiger partial charge in [-0.2, -0.15) is 0 Å². The number of ether oxygens (including phenoxy) is 36. The second-order valence-corrected chi connectivity index (χ2v) is 29.1. The first-order chi connectivity index (χ1) is 65.2. The summed E-state index contributed by atoms with van der Waals surface area (Å²) in [7, 11) is 0. The maximum atomic E-state index is 12.2. The molecular formula is C93H184O38. The molecule has 784 valence electrons. The van der Waals surface area contributed by atoms with Gasteiger partial charge < -0.3 is 171 Å². The van der Waals surface area contributed by atoms with Gasteiger partial charge in [-0.1, -0.05) is 84.0 Å². The molecule has 38 heteroatoms. The maximum Gasteiger partial charge on any atom is 0.132 e. The smallest absolute Gasteiger partial charge is 0.132 e. The first-order valence-corrected chi connectivity index (χ1v) is 49.0. The van der Waals surface area contributed by atoms with Gasteiger partial charge in [-0.05, 0) is 19.8 Å². The van der Waals surface area contributed by atoms with E-state index in [1.807, 2.05) is 0 Å². The van der Waals surface area contributed by atoms with E-state index in [-0.39, 0.29) is 5.78 Å². The van der Waals surface area contributed by atoms with E-state index in [0.717, 1.165) is 12.8 Å². The molecule has 0 aromatic heterocycles. The minimum absolute atomic E-state index is 0.118. The first kappa shape index (κ1) is 129. The molecule has 0 aromatic rings. The fourth-order valence-electron chi connectivity index (χ4n) is 10.9. The zero-order valence-corrected chi connectivity index (χ0v) is 81.4. The lowest BCUT2D eigenvalue weighted by molar-refractivity contribution is -0.120. The van der Waals surface area contributed by atoms with E-state index in [2.05, 4.69) is 6.92 Å². The van der Waals surface area contributed by atoms with Gasteiger partial charge in [-0.15, -0.1) is 0 Å². The van der Waals surface area contributed by atoms with Crippen molar-refractivity contribution in [2.45, 2.75) is 123 Å². The third kappa shape index (κ3) is 126. The number of rotatable bonds is 126. The first-order valence-electron chi connectivity index (χ1n) is 49.0. The van der Waals surface area contributed by atoms with Crippen molar-refractivity contribution in [3.05, 3.63) is 0 Å². The molecule has 0 aliphatic rings. The van der Waals surface area contributed by atoms with E-state index in [0.29, 0.717) is 501 Å². The molecule has 0 saturated heterocycles. The molecule has 0 aromatic carbocycles. The number of ketones is 2. The van der Waals surface area contributed by atoms with Crippen LogP contribution in [0.2, 0.25) is 0 Å². The second kappa shape index (κ2) is 124. The molecule has 0 unspecified atom stereocenters. The third-order valence-corrected chi connectivity index (χ3v) is 17.9. The van der Waals surface area contributed by atoms with Crippen LogP contribution in [0.25, 0.3) is 0 Å². The van der Waals surface area contributed by atoms with E-state index in [4.69, 9.17) is 171 Å². The molecule has 0 N–H and O–H groups in total. The van der Waals surface area contributed by atoms with Gasteiger partial charge in [0.05, 0.1) is 469 Å². The van der Waals surface area contributed by atoms with Crippen molar-refractivity contribution in [1.82, 2.24) is 0 Å². The van der Waals surface area contributed by atoms with Crippen molar-refractivity contribution in [3.8, 4) is 0 Å². The van der Waals surface area contributed by atoms with Crippen LogP contribution in [0, 0.1) is 0 Å². The second-order valence-electron chi connectivity index (χ2n) is 29.1. The molecule has 0 radical (unpaired) electrons. The Morgan fingerprint density at radius 1 is 0.115 bits per heavy atom. The Bertz CT molecular complexity index is 2010. The molecule has 0 saturated carbocycles. The molecule has 0 amide bonds. The predicted octanol–water partition coefficient (Wildman–Crippen LogP) is 7.39. The van der Waals surface area contributed by atoms with E-state index in [1.54, 1.807) is 6.92 Å². The largest absolute Gasteiger partial charge is 0.379 e. The van der Waals surface area contributed by atoms with E-state index in [9.17, 15) is 9.59 Å². The monoisotopic (exact) mass is 1910 g/mol. The Labute approximate surface area is 787 Å². The zero-order valence-electron chi connectivity index (χ0n) is 81.4. The lowest BCUT2D eigenvalue weighted by atomic mass is 10.0. The summed E-state index contributed by atoms with van der Waals surface area (Å²) in [5.41, 5.74) is 0. The van der Waals surface area contributed by atoms with Crippen LogP contribution in [0.5, 0.6) is 0 Å². The van der Waals surface area contributed by atoms with Crippen LogP contribution >= 0.6 is 0 Å². The van der Waals surface area contributed by atoms with Gasteiger partial charge in [0.15, 0.2) is 0 Å². The lowest BCUT2D eigenvalue weighted by Gasteiger charge is -2.09. The van der Waals surface area contributed by atoms with E-state index in [1.165, 1.54) is 77.0 Å². The molecule has 0 fully saturated rings. The molecular weight excluding hydrogens is 1720 g/mol. The van der Waals surface area contributed by atoms with Crippen LogP contribution in [-0.4, -0.2) is 487 Å². The van der Waals surface area contributed by atoms with Crippen molar-refractivity contribution in [2.75, 3.05) is 476 Å². The minimum Gasteiger partial charge on any atom is -0.379 e. The highest BCUT2D eigenvalue weighted by atomic mass is 16.6. The van der Waals surface area contributed by atoms with Gasteiger partial charge in [0.2, 0.25) is 0 Å². The fourth-order valence-corrected chi connectivity index (χ4v) is 10.9. The highest BCUT2D eigenvalue weighted by molar-refractivity contribution is 5.78. The summed E-state index contributed by atoms with van der Waals surface area (Å²) >= 11 is 0. The number of Topliss-reactive ketones (excluding diaryl/α,β-unsaturated/α-hetero) is 2. The van der Waals surface area contributed by atoms with Gasteiger partial charge in [-0.25, -0.2) is 0 Å². The average molecular weight is 1910 g/mol. The number of carbonyl (C=O) groups excluding carboxylic acids is 2. The molecule has 0 aliphatic carbocycles. The average Bonchev–Trinajstić information content (AvgIpc) is 1.08. The molecule has 0 atom stereocenters. The zero-order chi connectivity index (χ0) is 93.5. The third-order valence-electron chi connectivity index (χ3n) is 17.9. The van der Waals surface area contributed by atoms with Crippen LogP contribution in [-0.2, 0) is 180 Å². The SMILES string of the molecule is CCCCCCCCCCCCCCCC(=O)CCCOCCOCCOCCOCCOCCOCCOCCOCCOCCOCCOCCOCCOCCOCCOCCOCCOCCOCCOCCOCCOCCOCCOCCOCCOCCOCCOCCOCCOCCOCCOCCOCCOCCOCCOCCOCCC(C)=O. The lowest BCUT2D eigenvalue weighted by Crippen LogP contribution is -2.16. The van der Waals surface area contributed by atoms with Gasteiger partial charge in [0.1, 0.15) is 11.6 Å². The summed E-state index contributed by atoms with van der Waals surface area (Å²) in [5, 5.41) is 0. The summed E-state index contributed by atoms with van der Waals surface area (Å²) in [6, 6.07) is 0. The van der Waals surface area contributed by atoms with Gasteiger partial charge >= 0.3 is 0 Å². The van der Waals surface area contributed by atoms with Crippen molar-refractivity contribution in [3.63, 3.8) is 0 Å². The Morgan fingerprint density at radius 3 is 0.336 bits per heavy atom. The number of hydrogen-bond acceptors (Lipinski definition) is 38. The summed E-state index contributed by atoms with van der Waals surface area (Å²) < 4.78 is 199. The van der Waals surface area contributed by atoms with Crippen molar-refractivity contribution in [1.29, 1.82) is 0 Å². The molecule has 0 heterocycles. The standard InChI is InChI=1S/C93H184O38/c1-3-4-5-6-7-8-9-10-11-12-13-14-15-17-93(95)18-16-20-96-22-24-98-26-28-100-30-32-102-34-36-104-38-40-106-42-44-108-46-48-110-50-52-112-54-56-114-58-60-116-62-64-118-66-68-120-70-72-122-74-76-124-78-80-126-82-84-128-86-88-130-90-91-131-89-87-129-85-83-127-81-79-125-77-75-123-73-71-121-69-67-119-65-63-117-61-59-115-57-55-113-53-51-111-49-47-109-45-43-107-41-39-105-37-35-103-33-31-101-29-27-99-25-23-97-21-19-92(2)94/h3-91H2,1-2H3. The van der Waals surface area contributed by atoms with E-state index >= 15 is 0 Å². The van der Waals surface area contributed by atoms with Crippen LogP contribution in [0.1, 0.15) is 123 Å². The maximum absolute atomic E-state index is 12.2. The molecule has 0 bridgehead atoms. The number of hydrogen-bond donors (Lipinski definition) is 0. The van der Waals surface area contributed by atoms with Gasteiger partial charge in [0.25, 0.3) is 0 Å². The van der Waals surface area contributed by atoms with Gasteiger partial charge in [0, 0.05) is 25.9 Å². The van der Waals surface area contributed by atoms with Crippen molar-refractivity contribution >= 4 is 11.6 Å². The van der Waals surface area contributed by atoms with Crippen LogP contribution < -0.4 is 0 Å². The molecule has 0 spiro atoms. The molecule has 38 nitrogen and oxygen atoms in total. The van der Waals surface area contributed by atoms with Crippen LogP contribution in [0.15, 0.2) is 0 Å². The highest BCUT2D eigenvalue weighted by Crippen LogP contribution is 2.14. The number of carbonyl (C=O) groups is 2. The Morgan fingerprint density at radius 2 is 0.214 bits per heavy atom. The van der Waals surface area contributed by atoms with Crippen LogP contribution in [0.3, 0.4) is 0 Å². The highest BCUT2D eigenvalue weighted by Gasteiger charge is 2.07. The Kier molecular flexibility index (Phi) is 122. The summed E-state index contributed by atoms with van der Waals surface area (Å²) in [6.45, 7) is 38.5. The van der Waals surface area contributed by atoms with Crippen LogP contribution in [0.4, 0.5) is 0 Å². The van der Waals surface area contributed by atoms with Crippen molar-refractivity contribution < 1.29 is 180 Å². The summed E-state index contributed by atoms with van der Waals surface area (Å²) in [6.07, 6.45) is 19.7. The predicted molar refractivity (Wildman–Crippen MR) is 489 cm³/mol. The number of unbranched alkanes of at least 4 members (excludes halogenated alkanes) is 12. The Balaban J connectivity index is 3.12. The fraction of sp³-hybridized carbons (Fsp3) is 0.978.